The molecule has 0 spiro atoms. The molecule has 0 aliphatic carbocycles. The minimum atomic E-state index is 0.942. The van der Waals surface area contributed by atoms with Crippen molar-refractivity contribution in [3.63, 3.8) is 0 Å². The molecule has 2 aromatic heterocycles. The van der Waals surface area contributed by atoms with Crippen molar-refractivity contribution >= 4 is 24.3 Å². The highest BCUT2D eigenvalue weighted by Gasteiger charge is 1.91. The van der Waals surface area contributed by atoms with Crippen LogP contribution in [0.1, 0.15) is 33.4 Å². The molecule has 0 atom stereocenters. The maximum absolute atomic E-state index is 4.02. The number of aromatic nitrogens is 2. The van der Waals surface area contributed by atoms with Gasteiger partial charge in [0.15, 0.2) is 0 Å². The minimum absolute atomic E-state index is 0.942. The first-order valence-corrected chi connectivity index (χ1v) is 10.2. The Labute approximate surface area is 189 Å². The number of rotatable bonds is 4. The van der Waals surface area contributed by atoms with Crippen LogP contribution < -0.4 is 0 Å². The molecule has 0 aliphatic rings. The Bertz CT molecular complexity index is 1220. The van der Waals surface area contributed by atoms with E-state index < -0.39 is 0 Å². The van der Waals surface area contributed by atoms with Crippen LogP contribution in [0.4, 0.5) is 0 Å². The smallest absolute Gasteiger partial charge is 0.0273 e. The molecule has 0 bridgehead atoms. The maximum Gasteiger partial charge on any atom is 0.0273 e. The lowest BCUT2D eigenvalue weighted by molar-refractivity contribution is 1.32. The van der Waals surface area contributed by atoms with Crippen LogP contribution in [-0.2, 0) is 0 Å². The molecule has 0 aliphatic heterocycles. The molecule has 2 heterocycles. The number of nitrogens with zero attached hydrogens (tertiary/aromatic N) is 2. The molecule has 0 saturated heterocycles. The molecule has 0 amide bonds. The van der Waals surface area contributed by atoms with Crippen molar-refractivity contribution in [1.29, 1.82) is 0 Å². The van der Waals surface area contributed by atoms with Crippen LogP contribution in [0.15, 0.2) is 97.6 Å². The minimum Gasteiger partial charge on any atom is -0.265 e. The molecule has 0 saturated carbocycles. The van der Waals surface area contributed by atoms with Crippen LogP contribution in [0.25, 0.3) is 24.3 Å². The molecule has 2 heteroatoms. The van der Waals surface area contributed by atoms with Gasteiger partial charge in [-0.2, -0.15) is 0 Å². The van der Waals surface area contributed by atoms with E-state index in [0.717, 1.165) is 33.4 Å². The molecule has 0 radical (unpaired) electrons. The summed E-state index contributed by atoms with van der Waals surface area (Å²) in [5, 5.41) is 0. The summed E-state index contributed by atoms with van der Waals surface area (Å²) in [6, 6.07) is 24.1. The third-order valence-electron chi connectivity index (χ3n) is 4.65. The van der Waals surface area contributed by atoms with Crippen molar-refractivity contribution in [3.8, 4) is 23.7 Å². The largest absolute Gasteiger partial charge is 0.265 e. The highest BCUT2D eigenvalue weighted by Crippen LogP contribution is 2.10. The fraction of sp³-hybridized carbons (Fsp3) is 0. The normalized spacial score (nSPS) is 10.4. The van der Waals surface area contributed by atoms with Gasteiger partial charge in [0.1, 0.15) is 0 Å². The molecular formula is C30H20N2. The first-order valence-electron chi connectivity index (χ1n) is 10.2. The summed E-state index contributed by atoms with van der Waals surface area (Å²) in [7, 11) is 0. The molecule has 4 rings (SSSR count). The van der Waals surface area contributed by atoms with Gasteiger partial charge in [-0.15, -0.1) is 0 Å². The molecule has 0 fully saturated rings. The first-order chi connectivity index (χ1) is 15.8. The number of hydrogen-bond acceptors (Lipinski definition) is 2. The van der Waals surface area contributed by atoms with Crippen molar-refractivity contribution in [2.24, 2.45) is 0 Å². The van der Waals surface area contributed by atoms with E-state index in [1.54, 1.807) is 24.8 Å². The van der Waals surface area contributed by atoms with E-state index in [4.69, 9.17) is 0 Å². The van der Waals surface area contributed by atoms with Crippen LogP contribution in [-0.4, -0.2) is 9.97 Å². The zero-order valence-corrected chi connectivity index (χ0v) is 17.4. The molecule has 150 valence electrons. The highest BCUT2D eigenvalue weighted by molar-refractivity contribution is 5.70. The predicted molar refractivity (Wildman–Crippen MR) is 133 cm³/mol. The molecule has 2 aromatic carbocycles. The fourth-order valence-electron chi connectivity index (χ4n) is 2.90. The Balaban J connectivity index is 1.34. The van der Waals surface area contributed by atoms with E-state index in [1.165, 1.54) is 0 Å². The van der Waals surface area contributed by atoms with Gasteiger partial charge in [-0.1, -0.05) is 60.4 Å². The molecule has 2 nitrogen and oxygen atoms in total. The summed E-state index contributed by atoms with van der Waals surface area (Å²) in [5.41, 5.74) is 6.37. The second-order valence-electron chi connectivity index (χ2n) is 6.97. The van der Waals surface area contributed by atoms with Gasteiger partial charge in [0.05, 0.1) is 0 Å². The Hall–Kier alpha value is -4.66. The quantitative estimate of drug-likeness (QED) is 0.375. The van der Waals surface area contributed by atoms with E-state index >= 15 is 0 Å². The number of benzene rings is 2. The average molecular weight is 409 g/mol. The molecule has 4 aromatic rings. The van der Waals surface area contributed by atoms with Gasteiger partial charge < -0.3 is 0 Å². The van der Waals surface area contributed by atoms with E-state index in [0.29, 0.717) is 0 Å². The van der Waals surface area contributed by atoms with Crippen molar-refractivity contribution in [2.45, 2.75) is 0 Å². The van der Waals surface area contributed by atoms with E-state index in [9.17, 15) is 0 Å². The lowest BCUT2D eigenvalue weighted by atomic mass is 10.1. The predicted octanol–water partition coefficient (Wildman–Crippen LogP) is 6.22. The third kappa shape index (κ3) is 6.42. The van der Waals surface area contributed by atoms with E-state index in [1.807, 2.05) is 72.8 Å². The summed E-state index contributed by atoms with van der Waals surface area (Å²) in [6.45, 7) is 0. The summed E-state index contributed by atoms with van der Waals surface area (Å²) >= 11 is 0. The van der Waals surface area contributed by atoms with Gasteiger partial charge in [-0.05, 0) is 82.6 Å². The van der Waals surface area contributed by atoms with Gasteiger partial charge in [-0.3, -0.25) is 9.97 Å². The second-order valence-corrected chi connectivity index (χ2v) is 6.97. The maximum atomic E-state index is 4.02. The molecule has 0 N–H and O–H groups in total. The zero-order valence-electron chi connectivity index (χ0n) is 17.4. The van der Waals surface area contributed by atoms with Crippen LogP contribution >= 0.6 is 0 Å². The molecule has 32 heavy (non-hydrogen) atoms. The van der Waals surface area contributed by atoms with Crippen LogP contribution in [0.3, 0.4) is 0 Å². The van der Waals surface area contributed by atoms with Gasteiger partial charge >= 0.3 is 0 Å². The van der Waals surface area contributed by atoms with Crippen molar-refractivity contribution in [3.05, 3.63) is 131 Å². The SMILES string of the molecule is C(C#Cc1ccc(/C=C/c2ccncc2)cc1)#Cc1ccc(/C=C/c2ccncc2)cc1. The standard InChI is InChI=1S/C30H20N2/c1(3-25-5-9-27(10-6-25)13-15-29-17-21-31-22-18-29)2-4-26-7-11-28(12-8-26)14-16-30-19-23-32-24-20-30/h5-24H/b15-13+,16-14+. The number of hydrogen-bond donors (Lipinski definition) is 0. The topological polar surface area (TPSA) is 25.8 Å². The zero-order chi connectivity index (χ0) is 21.8. The summed E-state index contributed by atoms with van der Waals surface area (Å²) < 4.78 is 0. The van der Waals surface area contributed by atoms with Crippen molar-refractivity contribution < 1.29 is 0 Å². The third-order valence-corrected chi connectivity index (χ3v) is 4.65. The van der Waals surface area contributed by atoms with E-state index in [2.05, 4.69) is 58.0 Å². The lowest BCUT2D eigenvalue weighted by Crippen LogP contribution is -1.77. The van der Waals surface area contributed by atoms with Crippen LogP contribution in [0.5, 0.6) is 0 Å². The van der Waals surface area contributed by atoms with Crippen LogP contribution in [0, 0.1) is 23.7 Å². The van der Waals surface area contributed by atoms with Gasteiger partial charge in [0.2, 0.25) is 0 Å². The highest BCUT2D eigenvalue weighted by atomic mass is 14.6. The van der Waals surface area contributed by atoms with Gasteiger partial charge in [-0.25, -0.2) is 0 Å². The van der Waals surface area contributed by atoms with Gasteiger partial charge in [0, 0.05) is 35.9 Å². The summed E-state index contributed by atoms with van der Waals surface area (Å²) in [5.74, 6) is 12.1. The van der Waals surface area contributed by atoms with Crippen molar-refractivity contribution in [1.82, 2.24) is 9.97 Å². The fourth-order valence-corrected chi connectivity index (χ4v) is 2.90. The monoisotopic (exact) mass is 408 g/mol. The van der Waals surface area contributed by atoms with Gasteiger partial charge in [0.25, 0.3) is 0 Å². The van der Waals surface area contributed by atoms with E-state index in [-0.39, 0.29) is 0 Å². The first kappa shape index (κ1) is 20.6. The Morgan fingerprint density at radius 2 is 0.719 bits per heavy atom. The summed E-state index contributed by atoms with van der Waals surface area (Å²) in [6.07, 6.45) is 15.4. The van der Waals surface area contributed by atoms with Crippen LogP contribution in [0.2, 0.25) is 0 Å². The van der Waals surface area contributed by atoms with Crippen molar-refractivity contribution in [2.75, 3.05) is 0 Å². The average Bonchev–Trinajstić information content (AvgIpc) is 2.87. The number of pyridine rings is 2. The molecular weight excluding hydrogens is 388 g/mol. The summed E-state index contributed by atoms with van der Waals surface area (Å²) in [4.78, 5) is 8.05. The second kappa shape index (κ2) is 10.9. The lowest BCUT2D eigenvalue weighted by Gasteiger charge is -1.95. The molecule has 0 unspecified atom stereocenters. The Kier molecular flexibility index (Phi) is 7.04. The Morgan fingerprint density at radius 1 is 0.406 bits per heavy atom. The Morgan fingerprint density at radius 3 is 1.06 bits per heavy atom.